The first kappa shape index (κ1) is 32.4. The molecule has 0 aliphatic carbocycles. The molecule has 0 heterocycles. The lowest BCUT2D eigenvalue weighted by atomic mass is 10.0. The van der Waals surface area contributed by atoms with Crippen LogP contribution in [0.5, 0.6) is 5.75 Å². The average Bonchev–Trinajstić information content (AvgIpc) is 2.98. The van der Waals surface area contributed by atoms with Gasteiger partial charge in [-0.15, -0.1) is 0 Å². The van der Waals surface area contributed by atoms with Crippen LogP contribution in [0, 0.1) is 0 Å². The van der Waals surface area contributed by atoms with Crippen molar-refractivity contribution in [3.8, 4) is 5.75 Å². The number of ether oxygens (including phenoxy) is 2. The molecule has 0 saturated heterocycles. The van der Waals surface area contributed by atoms with Crippen LogP contribution in [0.1, 0.15) is 48.3 Å². The van der Waals surface area contributed by atoms with Gasteiger partial charge in [-0.1, -0.05) is 98.6 Å². The molecular formula is C35H39Br2NO4. The summed E-state index contributed by atoms with van der Waals surface area (Å²) in [6.07, 6.45) is -0.153. The zero-order chi connectivity index (χ0) is 29.9. The molecule has 0 saturated carbocycles. The fourth-order valence-electron chi connectivity index (χ4n) is 4.90. The van der Waals surface area contributed by atoms with Crippen molar-refractivity contribution < 1.29 is 19.7 Å². The fraction of sp³-hybridized carbons (Fsp3) is 0.314. The second kappa shape index (κ2) is 16.4. The van der Waals surface area contributed by atoms with E-state index < -0.39 is 12.2 Å². The summed E-state index contributed by atoms with van der Waals surface area (Å²) in [6, 6.07) is 33.8. The highest BCUT2D eigenvalue weighted by molar-refractivity contribution is 9.10. The van der Waals surface area contributed by atoms with Crippen LogP contribution in [0.3, 0.4) is 0 Å². The summed E-state index contributed by atoms with van der Waals surface area (Å²) in [5.74, 6) is 0.755. The van der Waals surface area contributed by atoms with E-state index in [1.54, 1.807) is 0 Å². The summed E-state index contributed by atoms with van der Waals surface area (Å²) in [5.41, 5.74) is 4.05. The quantitative estimate of drug-likeness (QED) is 0.124. The molecule has 4 aromatic rings. The van der Waals surface area contributed by atoms with Gasteiger partial charge < -0.3 is 19.7 Å². The van der Waals surface area contributed by atoms with Crippen molar-refractivity contribution in [1.29, 1.82) is 0 Å². The number of rotatable bonds is 15. The highest BCUT2D eigenvalue weighted by Crippen LogP contribution is 2.25. The van der Waals surface area contributed by atoms with Gasteiger partial charge >= 0.3 is 0 Å². The van der Waals surface area contributed by atoms with Gasteiger partial charge in [0.15, 0.2) is 6.29 Å². The minimum Gasteiger partial charge on any atom is -0.465 e. The minimum atomic E-state index is -0.696. The van der Waals surface area contributed by atoms with Crippen LogP contribution in [0.15, 0.2) is 112 Å². The second-order valence-corrected chi connectivity index (χ2v) is 12.4. The largest absolute Gasteiger partial charge is 0.465 e. The third-order valence-electron chi connectivity index (χ3n) is 7.25. The van der Waals surface area contributed by atoms with Crippen molar-refractivity contribution in [2.75, 3.05) is 19.7 Å². The molecule has 222 valence electrons. The van der Waals surface area contributed by atoms with Crippen LogP contribution >= 0.6 is 31.9 Å². The summed E-state index contributed by atoms with van der Waals surface area (Å²) in [5, 5.41) is 22.2. The van der Waals surface area contributed by atoms with E-state index in [0.717, 1.165) is 44.2 Å². The Hall–Kier alpha value is -2.52. The lowest BCUT2D eigenvalue weighted by Gasteiger charge is -2.33. The molecule has 0 aliphatic rings. The number of nitrogens with zero attached hydrogens (tertiary/aromatic N) is 1. The van der Waals surface area contributed by atoms with Gasteiger partial charge in [-0.25, -0.2) is 0 Å². The van der Waals surface area contributed by atoms with Crippen molar-refractivity contribution in [3.63, 3.8) is 0 Å². The van der Waals surface area contributed by atoms with Gasteiger partial charge in [-0.3, -0.25) is 4.90 Å². The van der Waals surface area contributed by atoms with Crippen molar-refractivity contribution in [1.82, 2.24) is 4.90 Å². The Bertz CT molecular complexity index is 1320. The monoisotopic (exact) mass is 695 g/mol. The van der Waals surface area contributed by atoms with Crippen LogP contribution in [0.2, 0.25) is 0 Å². The van der Waals surface area contributed by atoms with Crippen molar-refractivity contribution in [3.05, 3.63) is 134 Å². The molecule has 0 spiro atoms. The number of halogens is 2. The smallest absolute Gasteiger partial charge is 0.196 e. The number of aliphatic hydroxyl groups is 2. The van der Waals surface area contributed by atoms with E-state index in [2.05, 4.69) is 67.9 Å². The summed E-state index contributed by atoms with van der Waals surface area (Å²) in [7, 11) is 0. The van der Waals surface area contributed by atoms with Gasteiger partial charge in [0.25, 0.3) is 0 Å². The number of hydrogen-bond acceptors (Lipinski definition) is 5. The van der Waals surface area contributed by atoms with Gasteiger partial charge in [-0.2, -0.15) is 0 Å². The van der Waals surface area contributed by atoms with Crippen molar-refractivity contribution >= 4 is 31.9 Å². The molecule has 0 amide bonds. The minimum absolute atomic E-state index is 0.0561. The second-order valence-electron chi connectivity index (χ2n) is 10.6. The van der Waals surface area contributed by atoms with E-state index in [9.17, 15) is 10.2 Å². The van der Waals surface area contributed by atoms with Gasteiger partial charge in [0, 0.05) is 28.1 Å². The summed E-state index contributed by atoms with van der Waals surface area (Å²) >= 11 is 7.01. The van der Waals surface area contributed by atoms with E-state index in [0.29, 0.717) is 19.7 Å². The Morgan fingerprint density at radius 2 is 1.26 bits per heavy atom. The summed E-state index contributed by atoms with van der Waals surface area (Å²) < 4.78 is 13.7. The zero-order valence-electron chi connectivity index (χ0n) is 24.1. The number of benzene rings is 4. The average molecular weight is 698 g/mol. The topological polar surface area (TPSA) is 62.2 Å². The molecule has 0 aromatic heterocycles. The Kier molecular flexibility index (Phi) is 12.6. The van der Waals surface area contributed by atoms with Crippen molar-refractivity contribution in [2.45, 2.75) is 51.2 Å². The third kappa shape index (κ3) is 10.3. The highest BCUT2D eigenvalue weighted by Gasteiger charge is 2.23. The molecule has 0 fully saturated rings. The standard InChI is InChI=1S/C35H39Br2NO4/c1-25(20-28-14-16-33(17-15-28)42-26(2)41-19-18-27-8-4-3-5-9-27)38(23-34(39)29-10-6-12-31(36)21-29)24-35(40)30-11-7-13-32(37)22-30/h3-17,21-22,25-26,34-35,39-40H,18-20,23-24H2,1-2H3/t25-,26?,34?,35?/m1/s1. The Labute approximate surface area is 266 Å². The third-order valence-corrected chi connectivity index (χ3v) is 8.23. The van der Waals surface area contributed by atoms with E-state index in [1.807, 2.05) is 85.8 Å². The van der Waals surface area contributed by atoms with Crippen LogP contribution in [0.4, 0.5) is 0 Å². The van der Waals surface area contributed by atoms with E-state index in [4.69, 9.17) is 9.47 Å². The Balaban J connectivity index is 1.37. The predicted octanol–water partition coefficient (Wildman–Crippen LogP) is 7.90. The lowest BCUT2D eigenvalue weighted by Crippen LogP contribution is -2.40. The normalized spacial score (nSPS) is 14.4. The molecule has 4 aromatic carbocycles. The summed E-state index contributed by atoms with van der Waals surface area (Å²) in [4.78, 5) is 2.16. The van der Waals surface area contributed by atoms with Crippen LogP contribution in [-0.4, -0.2) is 47.1 Å². The maximum absolute atomic E-state index is 11.1. The van der Waals surface area contributed by atoms with Crippen LogP contribution in [-0.2, 0) is 17.6 Å². The molecule has 5 nitrogen and oxygen atoms in total. The predicted molar refractivity (Wildman–Crippen MR) is 176 cm³/mol. The molecule has 0 aliphatic heterocycles. The van der Waals surface area contributed by atoms with Gasteiger partial charge in [0.1, 0.15) is 5.75 Å². The first-order valence-corrected chi connectivity index (χ1v) is 15.9. The first-order chi connectivity index (χ1) is 20.3. The molecule has 4 atom stereocenters. The first-order valence-electron chi connectivity index (χ1n) is 14.3. The molecule has 3 unspecified atom stereocenters. The van der Waals surface area contributed by atoms with Crippen LogP contribution < -0.4 is 4.74 Å². The summed E-state index contributed by atoms with van der Waals surface area (Å²) in [6.45, 7) is 5.41. The number of aliphatic hydroxyl groups excluding tert-OH is 2. The Morgan fingerprint density at radius 3 is 1.81 bits per heavy atom. The molecule has 0 radical (unpaired) electrons. The molecule has 42 heavy (non-hydrogen) atoms. The van der Waals surface area contributed by atoms with Crippen molar-refractivity contribution in [2.24, 2.45) is 0 Å². The SMILES string of the molecule is CC(OCCc1ccccc1)Oc1ccc(C[C@@H](C)N(CC(O)c2cccc(Br)c2)CC(O)c2cccc(Br)c2)cc1. The van der Waals surface area contributed by atoms with E-state index in [1.165, 1.54) is 5.56 Å². The Morgan fingerprint density at radius 1 is 0.690 bits per heavy atom. The van der Waals surface area contributed by atoms with Gasteiger partial charge in [0.2, 0.25) is 0 Å². The zero-order valence-corrected chi connectivity index (χ0v) is 27.2. The van der Waals surface area contributed by atoms with Gasteiger partial charge in [-0.05, 0) is 85.3 Å². The fourth-order valence-corrected chi connectivity index (χ4v) is 5.74. The molecular weight excluding hydrogens is 658 g/mol. The lowest BCUT2D eigenvalue weighted by molar-refractivity contribution is -0.0654. The molecule has 4 rings (SSSR count). The maximum atomic E-state index is 11.1. The van der Waals surface area contributed by atoms with Gasteiger partial charge in [0.05, 0.1) is 18.8 Å². The van der Waals surface area contributed by atoms with E-state index in [-0.39, 0.29) is 12.3 Å². The number of hydrogen-bond donors (Lipinski definition) is 2. The van der Waals surface area contributed by atoms with Crippen LogP contribution in [0.25, 0.3) is 0 Å². The molecule has 0 bridgehead atoms. The molecule has 2 N–H and O–H groups in total. The molecule has 7 heteroatoms. The van der Waals surface area contributed by atoms with E-state index >= 15 is 0 Å². The maximum Gasteiger partial charge on any atom is 0.196 e. The highest BCUT2D eigenvalue weighted by atomic mass is 79.9.